The average molecular weight is 386 g/mol. The molecule has 1 aromatic carbocycles. The van der Waals surface area contributed by atoms with Gasteiger partial charge < -0.3 is 22.1 Å². The van der Waals surface area contributed by atoms with Gasteiger partial charge in [-0.15, -0.1) is 0 Å². The average Bonchev–Trinajstić information content (AvgIpc) is 2.66. The lowest BCUT2D eigenvalue weighted by atomic mass is 9.99. The lowest BCUT2D eigenvalue weighted by Crippen LogP contribution is -2.43. The van der Waals surface area contributed by atoms with Gasteiger partial charge in [-0.2, -0.15) is 0 Å². The molecule has 0 saturated heterocycles. The number of hydrogen-bond donors (Lipinski definition) is 0. The summed E-state index contributed by atoms with van der Waals surface area (Å²) < 4.78 is 28.2. The summed E-state index contributed by atoms with van der Waals surface area (Å²) in [5.74, 6) is 0.480. The highest BCUT2D eigenvalue weighted by Gasteiger charge is 2.37. The Morgan fingerprint density at radius 3 is 2.24 bits per heavy atom. The lowest BCUT2D eigenvalue weighted by molar-refractivity contribution is 0.123. The first-order valence-corrected chi connectivity index (χ1v) is 12.4. The minimum atomic E-state index is -2.52. The molecule has 0 aliphatic rings. The Morgan fingerprint density at radius 2 is 1.68 bits per heavy atom. The van der Waals surface area contributed by atoms with Gasteiger partial charge >= 0.3 is 18.1 Å². The molecule has 1 aromatic rings. The van der Waals surface area contributed by atoms with Crippen LogP contribution in [0.25, 0.3) is 0 Å². The first-order chi connectivity index (χ1) is 12.1. The summed E-state index contributed by atoms with van der Waals surface area (Å²) in [6.45, 7) is 5.62. The molecule has 0 spiro atoms. The van der Waals surface area contributed by atoms with Gasteiger partial charge in [0, 0.05) is 46.6 Å². The highest BCUT2D eigenvalue weighted by atomic mass is 28.4. The van der Waals surface area contributed by atoms with E-state index in [1.807, 2.05) is 13.0 Å². The molecule has 0 aromatic heterocycles. The summed E-state index contributed by atoms with van der Waals surface area (Å²) in [4.78, 5) is 0. The molecule has 1 rings (SSSR count). The third-order valence-electron chi connectivity index (χ3n) is 4.28. The highest BCUT2D eigenvalue weighted by molar-refractivity contribution is 6.60. The minimum absolute atomic E-state index is 0.480. The molecule has 7 heteroatoms. The maximum atomic E-state index is 6.04. The van der Waals surface area contributed by atoms with Crippen LogP contribution in [0.15, 0.2) is 30.3 Å². The molecular formula is C18H33O5Si2. The third-order valence-corrected chi connectivity index (χ3v) is 8.99. The van der Waals surface area contributed by atoms with Crippen LogP contribution in [0.2, 0.25) is 6.04 Å². The molecule has 0 fully saturated rings. The van der Waals surface area contributed by atoms with Crippen LogP contribution < -0.4 is 0 Å². The Kier molecular flexibility index (Phi) is 11.5. The fraction of sp³-hybridized carbons (Fsp3) is 0.611. The van der Waals surface area contributed by atoms with Gasteiger partial charge in [-0.25, -0.2) is 0 Å². The van der Waals surface area contributed by atoms with Crippen LogP contribution >= 0.6 is 0 Å². The predicted molar refractivity (Wildman–Crippen MR) is 105 cm³/mol. The van der Waals surface area contributed by atoms with Gasteiger partial charge in [-0.1, -0.05) is 37.3 Å². The van der Waals surface area contributed by atoms with E-state index in [2.05, 4.69) is 37.2 Å². The van der Waals surface area contributed by atoms with Crippen LogP contribution in [0, 0.1) is 6.04 Å². The Labute approximate surface area is 155 Å². The molecular weight excluding hydrogens is 352 g/mol. The molecule has 0 aliphatic carbocycles. The second-order valence-electron chi connectivity index (χ2n) is 5.86. The smallest absolute Gasteiger partial charge is 0.397 e. The quantitative estimate of drug-likeness (QED) is 0.459. The zero-order valence-corrected chi connectivity index (χ0v) is 18.4. The first-order valence-electron chi connectivity index (χ1n) is 8.87. The van der Waals surface area contributed by atoms with E-state index in [1.54, 1.807) is 21.3 Å². The summed E-state index contributed by atoms with van der Waals surface area (Å²) >= 11 is 0. The molecule has 0 heterocycles. The molecule has 2 unspecified atom stereocenters. The second-order valence-corrected chi connectivity index (χ2v) is 10.8. The molecule has 0 bridgehead atoms. The lowest BCUT2D eigenvalue weighted by Gasteiger charge is -2.25. The van der Waals surface area contributed by atoms with Crippen molar-refractivity contribution in [2.75, 3.05) is 34.5 Å². The van der Waals surface area contributed by atoms with Crippen LogP contribution in [0.5, 0.6) is 0 Å². The maximum absolute atomic E-state index is 6.04. The van der Waals surface area contributed by atoms with E-state index in [0.29, 0.717) is 19.1 Å². The third kappa shape index (κ3) is 8.12. The molecule has 5 nitrogen and oxygen atoms in total. The normalized spacial score (nSPS) is 14.4. The van der Waals surface area contributed by atoms with Gasteiger partial charge in [-0.05, 0) is 31.2 Å². The summed E-state index contributed by atoms with van der Waals surface area (Å²) in [5.41, 5.74) is 1.35. The molecule has 0 saturated carbocycles. The Balaban J connectivity index is 2.36. The predicted octanol–water partition coefficient (Wildman–Crippen LogP) is 3.47. The molecule has 2 atom stereocenters. The van der Waals surface area contributed by atoms with Crippen LogP contribution in [0.4, 0.5) is 0 Å². The van der Waals surface area contributed by atoms with E-state index in [1.165, 1.54) is 5.56 Å². The van der Waals surface area contributed by atoms with E-state index < -0.39 is 18.1 Å². The van der Waals surface area contributed by atoms with E-state index in [9.17, 15) is 0 Å². The summed E-state index contributed by atoms with van der Waals surface area (Å²) in [6, 6.07) is 13.4. The molecule has 0 amide bonds. The summed E-state index contributed by atoms with van der Waals surface area (Å²) in [6.07, 6.45) is 1.80. The standard InChI is InChI=1S/C18H33O5Si2/c1-6-22-24(15-10-16-25(19-3,20-4)21-5)23-14-13-17(2)18-11-8-7-9-12-18/h7-9,11-12,15,17,24H,6,10,13-14,16H2,1-5H3. The SMILES string of the molecule is CCO[SiH]([CH]CC[Si](OC)(OC)OC)OCCC(C)c1ccccc1. The van der Waals surface area contributed by atoms with Gasteiger partial charge in [0.25, 0.3) is 0 Å². The monoisotopic (exact) mass is 385 g/mol. The van der Waals surface area contributed by atoms with Gasteiger partial charge in [0.2, 0.25) is 0 Å². The minimum Gasteiger partial charge on any atom is -0.397 e. The summed E-state index contributed by atoms with van der Waals surface area (Å²) in [7, 11) is 0.612. The van der Waals surface area contributed by atoms with Gasteiger partial charge in [0.15, 0.2) is 0 Å². The fourth-order valence-corrected chi connectivity index (χ4v) is 6.08. The van der Waals surface area contributed by atoms with Gasteiger partial charge in [0.1, 0.15) is 0 Å². The first kappa shape index (κ1) is 22.5. The Morgan fingerprint density at radius 1 is 1.04 bits per heavy atom. The number of benzene rings is 1. The van der Waals surface area contributed by atoms with Crippen LogP contribution in [0.3, 0.4) is 0 Å². The number of hydrogen-bond acceptors (Lipinski definition) is 5. The van der Waals surface area contributed by atoms with Crippen molar-refractivity contribution in [2.24, 2.45) is 0 Å². The highest BCUT2D eigenvalue weighted by Crippen LogP contribution is 2.20. The zero-order chi connectivity index (χ0) is 18.5. The molecule has 0 aliphatic heterocycles. The summed E-state index contributed by atoms with van der Waals surface area (Å²) in [5, 5.41) is 0. The van der Waals surface area contributed by atoms with Gasteiger partial charge in [0.05, 0.1) is 0 Å². The van der Waals surface area contributed by atoms with E-state index in [-0.39, 0.29) is 0 Å². The number of rotatable bonds is 14. The molecule has 0 N–H and O–H groups in total. The Bertz CT molecular complexity index is 434. The largest absolute Gasteiger partial charge is 0.500 e. The van der Waals surface area contributed by atoms with E-state index in [4.69, 9.17) is 22.1 Å². The van der Waals surface area contributed by atoms with Crippen molar-refractivity contribution in [1.29, 1.82) is 0 Å². The van der Waals surface area contributed by atoms with Crippen molar-refractivity contribution in [2.45, 2.75) is 38.7 Å². The second kappa shape index (κ2) is 12.7. The van der Waals surface area contributed by atoms with Gasteiger partial charge in [-0.3, -0.25) is 0 Å². The van der Waals surface area contributed by atoms with Crippen molar-refractivity contribution in [1.82, 2.24) is 0 Å². The molecule has 25 heavy (non-hydrogen) atoms. The van der Waals surface area contributed by atoms with Crippen molar-refractivity contribution in [3.63, 3.8) is 0 Å². The van der Waals surface area contributed by atoms with Crippen molar-refractivity contribution < 1.29 is 22.1 Å². The molecule has 143 valence electrons. The van der Waals surface area contributed by atoms with Crippen molar-refractivity contribution >= 4 is 18.1 Å². The van der Waals surface area contributed by atoms with Crippen LogP contribution in [-0.2, 0) is 22.1 Å². The van der Waals surface area contributed by atoms with Crippen molar-refractivity contribution in [3.8, 4) is 0 Å². The van der Waals surface area contributed by atoms with Crippen molar-refractivity contribution in [3.05, 3.63) is 41.9 Å². The fourth-order valence-electron chi connectivity index (χ4n) is 2.61. The topological polar surface area (TPSA) is 46.2 Å². The van der Waals surface area contributed by atoms with E-state index >= 15 is 0 Å². The zero-order valence-electron chi connectivity index (χ0n) is 16.2. The maximum Gasteiger partial charge on any atom is 0.500 e. The molecule has 1 radical (unpaired) electrons. The van der Waals surface area contributed by atoms with Crippen LogP contribution in [0.1, 0.15) is 38.2 Å². The van der Waals surface area contributed by atoms with E-state index in [0.717, 1.165) is 18.9 Å². The Hall–Kier alpha value is -0.546. The van der Waals surface area contributed by atoms with Crippen LogP contribution in [-0.4, -0.2) is 52.6 Å².